The monoisotopic (exact) mass is 265 g/mol. The largest absolute Gasteiger partial charge is 0.476 e. The molecule has 1 aromatic heterocycles. The molecule has 0 bridgehead atoms. The van der Waals surface area contributed by atoms with Crippen molar-refractivity contribution in [1.29, 1.82) is 0 Å². The third-order valence-corrected chi connectivity index (χ3v) is 3.82. The summed E-state index contributed by atoms with van der Waals surface area (Å²) in [5.41, 5.74) is 6.65. The molecule has 0 saturated heterocycles. The molecule has 3 N–H and O–H groups in total. The van der Waals surface area contributed by atoms with E-state index in [0.717, 1.165) is 25.7 Å². The van der Waals surface area contributed by atoms with Crippen LogP contribution in [0.15, 0.2) is 0 Å². The summed E-state index contributed by atoms with van der Waals surface area (Å²) < 4.78 is 1.75. The maximum absolute atomic E-state index is 11.4. The standard InChI is InChI=1S/C14H23N3O2/c1-14(2,3)10-11(13(18)19)16-17(12(10)15)9-7-5-4-6-8-9/h9H,4-8,15H2,1-3H3,(H,18,19). The average molecular weight is 265 g/mol. The lowest BCUT2D eigenvalue weighted by Crippen LogP contribution is -2.19. The zero-order chi connectivity index (χ0) is 14.2. The van der Waals surface area contributed by atoms with Gasteiger partial charge in [0, 0.05) is 5.56 Å². The van der Waals surface area contributed by atoms with Gasteiger partial charge in [0.1, 0.15) is 5.82 Å². The number of anilines is 1. The van der Waals surface area contributed by atoms with E-state index in [0.29, 0.717) is 11.4 Å². The van der Waals surface area contributed by atoms with E-state index >= 15 is 0 Å². The number of aromatic nitrogens is 2. The van der Waals surface area contributed by atoms with Gasteiger partial charge in [-0.1, -0.05) is 40.0 Å². The zero-order valence-corrected chi connectivity index (χ0v) is 11.9. The molecule has 106 valence electrons. The van der Waals surface area contributed by atoms with Crippen LogP contribution in [0.2, 0.25) is 0 Å². The van der Waals surface area contributed by atoms with Gasteiger partial charge in [-0.2, -0.15) is 5.10 Å². The maximum atomic E-state index is 11.4. The van der Waals surface area contributed by atoms with Crippen LogP contribution in [-0.2, 0) is 5.41 Å². The molecule has 0 radical (unpaired) electrons. The summed E-state index contributed by atoms with van der Waals surface area (Å²) in [7, 11) is 0. The highest BCUT2D eigenvalue weighted by molar-refractivity contribution is 5.89. The molecule has 5 nitrogen and oxygen atoms in total. The number of nitrogens with two attached hydrogens (primary N) is 1. The van der Waals surface area contributed by atoms with Crippen molar-refractivity contribution in [1.82, 2.24) is 9.78 Å². The highest BCUT2D eigenvalue weighted by atomic mass is 16.4. The van der Waals surface area contributed by atoms with Crippen molar-refractivity contribution in [3.8, 4) is 0 Å². The number of hydrogen-bond donors (Lipinski definition) is 2. The second kappa shape index (κ2) is 4.87. The van der Waals surface area contributed by atoms with Gasteiger partial charge >= 0.3 is 5.97 Å². The second-order valence-electron chi connectivity index (χ2n) is 6.40. The number of rotatable bonds is 2. The van der Waals surface area contributed by atoms with Crippen molar-refractivity contribution < 1.29 is 9.90 Å². The average Bonchev–Trinajstić information content (AvgIpc) is 2.68. The molecule has 0 amide bonds. The Morgan fingerprint density at radius 3 is 2.32 bits per heavy atom. The highest BCUT2D eigenvalue weighted by Crippen LogP contribution is 2.36. The first kappa shape index (κ1) is 13.9. The minimum absolute atomic E-state index is 0.107. The molecule has 0 atom stereocenters. The maximum Gasteiger partial charge on any atom is 0.356 e. The van der Waals surface area contributed by atoms with Crippen LogP contribution in [0.5, 0.6) is 0 Å². The first-order valence-electron chi connectivity index (χ1n) is 6.94. The third kappa shape index (κ3) is 2.60. The summed E-state index contributed by atoms with van der Waals surface area (Å²) in [6, 6.07) is 0.253. The smallest absolute Gasteiger partial charge is 0.356 e. The van der Waals surface area contributed by atoms with E-state index in [1.807, 2.05) is 20.8 Å². The minimum Gasteiger partial charge on any atom is -0.476 e. The molecule has 0 unspecified atom stereocenters. The van der Waals surface area contributed by atoms with Crippen LogP contribution >= 0.6 is 0 Å². The van der Waals surface area contributed by atoms with Gasteiger partial charge in [0.05, 0.1) is 6.04 Å². The Morgan fingerprint density at radius 2 is 1.89 bits per heavy atom. The van der Waals surface area contributed by atoms with Crippen LogP contribution in [0, 0.1) is 0 Å². The number of nitrogens with zero attached hydrogens (tertiary/aromatic N) is 2. The number of aromatic carboxylic acids is 1. The number of carbonyl (C=O) groups is 1. The number of carboxylic acids is 1. The van der Waals surface area contributed by atoms with Crippen molar-refractivity contribution in [2.75, 3.05) is 5.73 Å². The Bertz CT molecular complexity index is 480. The molecule has 2 rings (SSSR count). The molecule has 1 aliphatic rings. The van der Waals surface area contributed by atoms with Gasteiger partial charge in [0.15, 0.2) is 5.69 Å². The van der Waals surface area contributed by atoms with E-state index in [1.54, 1.807) is 4.68 Å². The van der Waals surface area contributed by atoms with Crippen molar-refractivity contribution >= 4 is 11.8 Å². The van der Waals surface area contributed by atoms with Crippen molar-refractivity contribution in [3.05, 3.63) is 11.3 Å². The van der Waals surface area contributed by atoms with Gasteiger partial charge in [-0.25, -0.2) is 9.48 Å². The fraction of sp³-hybridized carbons (Fsp3) is 0.714. The van der Waals surface area contributed by atoms with Crippen LogP contribution in [0.25, 0.3) is 0 Å². The molecule has 19 heavy (non-hydrogen) atoms. The van der Waals surface area contributed by atoms with E-state index in [4.69, 9.17) is 5.73 Å². The lowest BCUT2D eigenvalue weighted by molar-refractivity contribution is 0.0686. The predicted molar refractivity (Wildman–Crippen MR) is 74.4 cm³/mol. The van der Waals surface area contributed by atoms with E-state index in [1.165, 1.54) is 6.42 Å². The molecule has 0 spiro atoms. The van der Waals surface area contributed by atoms with Crippen molar-refractivity contribution in [2.45, 2.75) is 64.3 Å². The molecule has 1 aromatic rings. The summed E-state index contributed by atoms with van der Waals surface area (Å²) >= 11 is 0. The SMILES string of the molecule is CC(C)(C)c1c(C(=O)O)nn(C2CCCCC2)c1N. The Kier molecular flexibility index (Phi) is 3.56. The lowest BCUT2D eigenvalue weighted by atomic mass is 9.86. The Labute approximate surface area is 113 Å². The van der Waals surface area contributed by atoms with E-state index < -0.39 is 5.97 Å². The second-order valence-corrected chi connectivity index (χ2v) is 6.40. The minimum atomic E-state index is -0.994. The summed E-state index contributed by atoms with van der Waals surface area (Å²) in [4.78, 5) is 11.4. The van der Waals surface area contributed by atoms with Crippen LogP contribution < -0.4 is 5.73 Å². The fourth-order valence-corrected chi connectivity index (χ4v) is 2.94. The number of hydrogen-bond acceptors (Lipinski definition) is 3. The summed E-state index contributed by atoms with van der Waals surface area (Å²) in [5, 5.41) is 13.6. The third-order valence-electron chi connectivity index (χ3n) is 3.82. The van der Waals surface area contributed by atoms with E-state index in [9.17, 15) is 9.90 Å². The molecule has 1 saturated carbocycles. The molecule has 1 aliphatic carbocycles. The lowest BCUT2D eigenvalue weighted by Gasteiger charge is -2.24. The summed E-state index contributed by atoms with van der Waals surface area (Å²) in [5.74, 6) is -0.469. The van der Waals surface area contributed by atoms with Gasteiger partial charge in [0.2, 0.25) is 0 Å². The highest BCUT2D eigenvalue weighted by Gasteiger charge is 2.32. The van der Waals surface area contributed by atoms with Crippen molar-refractivity contribution in [3.63, 3.8) is 0 Å². The predicted octanol–water partition coefficient (Wildman–Crippen LogP) is 2.97. The zero-order valence-electron chi connectivity index (χ0n) is 11.9. The normalized spacial score (nSPS) is 17.6. The van der Waals surface area contributed by atoms with Crippen LogP contribution in [0.4, 0.5) is 5.82 Å². The molecular weight excluding hydrogens is 242 g/mol. The van der Waals surface area contributed by atoms with E-state index in [-0.39, 0.29) is 17.2 Å². The molecule has 0 aromatic carbocycles. The Balaban J connectivity index is 2.49. The Hall–Kier alpha value is -1.52. The number of nitrogen functional groups attached to an aromatic ring is 1. The van der Waals surface area contributed by atoms with Gasteiger partial charge in [-0.05, 0) is 18.3 Å². The van der Waals surface area contributed by atoms with Gasteiger partial charge in [-0.15, -0.1) is 0 Å². The van der Waals surface area contributed by atoms with Crippen LogP contribution in [0.1, 0.15) is 75.0 Å². The van der Waals surface area contributed by atoms with Crippen molar-refractivity contribution in [2.24, 2.45) is 0 Å². The molecule has 1 fully saturated rings. The van der Waals surface area contributed by atoms with Crippen LogP contribution in [0.3, 0.4) is 0 Å². The summed E-state index contributed by atoms with van der Waals surface area (Å²) in [6.45, 7) is 5.91. The first-order chi connectivity index (χ1) is 8.82. The molecule has 1 heterocycles. The topological polar surface area (TPSA) is 81.1 Å². The quantitative estimate of drug-likeness (QED) is 0.861. The van der Waals surface area contributed by atoms with Gasteiger partial charge in [-0.3, -0.25) is 0 Å². The molecule has 0 aliphatic heterocycles. The number of carboxylic acid groups (broad SMARTS) is 1. The molecular formula is C14H23N3O2. The van der Waals surface area contributed by atoms with Crippen LogP contribution in [-0.4, -0.2) is 20.9 Å². The molecule has 5 heteroatoms. The van der Waals surface area contributed by atoms with Gasteiger partial charge in [0.25, 0.3) is 0 Å². The Morgan fingerprint density at radius 1 is 1.32 bits per heavy atom. The van der Waals surface area contributed by atoms with Gasteiger partial charge < -0.3 is 10.8 Å². The van der Waals surface area contributed by atoms with E-state index in [2.05, 4.69) is 5.10 Å². The first-order valence-corrected chi connectivity index (χ1v) is 6.94. The fourth-order valence-electron chi connectivity index (χ4n) is 2.94. The summed E-state index contributed by atoms with van der Waals surface area (Å²) in [6.07, 6.45) is 5.65.